The van der Waals surface area contributed by atoms with Gasteiger partial charge in [-0.1, -0.05) is 67.9 Å². The maximum Gasteiger partial charge on any atom is 0.289 e. The van der Waals surface area contributed by atoms with Crippen LogP contribution in [0.5, 0.6) is 5.75 Å². The van der Waals surface area contributed by atoms with Crippen LogP contribution in [0.15, 0.2) is 84.0 Å². The van der Waals surface area contributed by atoms with Gasteiger partial charge in [-0.3, -0.25) is 9.89 Å². The molecule has 2 N–H and O–H groups in total. The fraction of sp³-hybridized carbons (Fsp3) is 0.148. The number of amides is 1. The van der Waals surface area contributed by atoms with Gasteiger partial charge in [-0.25, -0.2) is 5.43 Å². The Morgan fingerprint density at radius 2 is 1.82 bits per heavy atom. The number of nitrogens with one attached hydrogen (secondary N) is 2. The summed E-state index contributed by atoms with van der Waals surface area (Å²) in [5.41, 5.74) is 7.44. The molecule has 0 saturated heterocycles. The van der Waals surface area contributed by atoms with Crippen LogP contribution in [-0.4, -0.2) is 22.3 Å². The highest BCUT2D eigenvalue weighted by Crippen LogP contribution is 2.23. The van der Waals surface area contributed by atoms with Crippen LogP contribution >= 0.6 is 11.6 Å². The topological polar surface area (TPSA) is 79.4 Å². The quantitative estimate of drug-likeness (QED) is 0.237. The van der Waals surface area contributed by atoms with E-state index >= 15 is 0 Å². The van der Waals surface area contributed by atoms with Crippen molar-refractivity contribution in [3.05, 3.63) is 106 Å². The summed E-state index contributed by atoms with van der Waals surface area (Å²) in [6.45, 7) is 4.67. The van der Waals surface area contributed by atoms with E-state index in [-0.39, 0.29) is 5.91 Å². The van der Waals surface area contributed by atoms with Gasteiger partial charge >= 0.3 is 0 Å². The van der Waals surface area contributed by atoms with Gasteiger partial charge in [0.25, 0.3) is 5.91 Å². The molecule has 0 spiro atoms. The van der Waals surface area contributed by atoms with E-state index < -0.39 is 0 Å². The molecule has 0 aliphatic rings. The lowest BCUT2D eigenvalue weighted by Crippen LogP contribution is -2.18. The summed E-state index contributed by atoms with van der Waals surface area (Å²) in [7, 11) is 0. The summed E-state index contributed by atoms with van der Waals surface area (Å²) in [4.78, 5) is 12.4. The zero-order valence-corrected chi connectivity index (χ0v) is 19.7. The van der Waals surface area contributed by atoms with Crippen LogP contribution in [0.1, 0.15) is 46.9 Å². The van der Waals surface area contributed by atoms with Crippen molar-refractivity contribution in [1.82, 2.24) is 15.6 Å². The molecule has 172 valence electrons. The van der Waals surface area contributed by atoms with Crippen LogP contribution in [0.2, 0.25) is 5.02 Å². The molecule has 0 fully saturated rings. The Labute approximate surface area is 203 Å². The average Bonchev–Trinajstić information content (AvgIpc) is 3.35. The Morgan fingerprint density at radius 1 is 1.09 bits per heavy atom. The van der Waals surface area contributed by atoms with Gasteiger partial charge in [-0.2, -0.15) is 10.2 Å². The molecule has 6 nitrogen and oxygen atoms in total. The minimum Gasteiger partial charge on any atom is -0.489 e. The van der Waals surface area contributed by atoms with Gasteiger partial charge in [0.1, 0.15) is 18.1 Å². The number of benzene rings is 3. The van der Waals surface area contributed by atoms with E-state index in [0.29, 0.717) is 34.7 Å². The number of hydrazone groups is 1. The molecule has 4 aromatic rings. The highest BCUT2D eigenvalue weighted by Gasteiger charge is 2.11. The highest BCUT2D eigenvalue weighted by molar-refractivity contribution is 6.31. The number of ether oxygens (including phenoxy) is 1. The molecule has 4 rings (SSSR count). The maximum atomic E-state index is 12.4. The zero-order chi connectivity index (χ0) is 23.9. The molecule has 0 aliphatic carbocycles. The molecule has 0 unspecified atom stereocenters. The Balaban J connectivity index is 1.33. The van der Waals surface area contributed by atoms with E-state index in [0.717, 1.165) is 16.7 Å². The number of hydrogen-bond acceptors (Lipinski definition) is 4. The van der Waals surface area contributed by atoms with Gasteiger partial charge in [-0.15, -0.1) is 0 Å². The molecule has 7 heteroatoms. The van der Waals surface area contributed by atoms with Crippen molar-refractivity contribution in [3.8, 4) is 17.0 Å². The standard InChI is InChI=1S/C27H25ClN4O2/c1-18(2)20-9-7-19(8-10-20)16-29-32-27(33)26-15-25(30-31-26)21-11-13-23(14-12-21)34-17-22-5-3-4-6-24(22)28/h3-16,18H,17H2,1-2H3,(H,30,31)(H,32,33)/b29-16+. The van der Waals surface area contributed by atoms with Gasteiger partial charge in [0, 0.05) is 16.1 Å². The molecule has 1 heterocycles. The Hall–Kier alpha value is -3.90. The first-order chi connectivity index (χ1) is 16.5. The number of aromatic amines is 1. The molecule has 0 saturated carbocycles. The summed E-state index contributed by atoms with van der Waals surface area (Å²) in [5.74, 6) is 0.818. The minimum absolute atomic E-state index is 0.321. The van der Waals surface area contributed by atoms with E-state index in [1.807, 2.05) is 60.7 Å². The second-order valence-corrected chi connectivity index (χ2v) is 8.50. The largest absolute Gasteiger partial charge is 0.489 e. The second-order valence-electron chi connectivity index (χ2n) is 8.09. The van der Waals surface area contributed by atoms with E-state index in [4.69, 9.17) is 16.3 Å². The summed E-state index contributed by atoms with van der Waals surface area (Å²) >= 11 is 6.17. The van der Waals surface area contributed by atoms with E-state index in [1.54, 1.807) is 12.3 Å². The molecule has 0 bridgehead atoms. The van der Waals surface area contributed by atoms with Crippen LogP contribution in [-0.2, 0) is 6.61 Å². The number of halogens is 1. The first kappa shape index (κ1) is 23.3. The third-order valence-electron chi connectivity index (χ3n) is 5.31. The van der Waals surface area contributed by atoms with Gasteiger partial charge in [0.2, 0.25) is 0 Å². The number of nitrogens with zero attached hydrogens (tertiary/aromatic N) is 2. The van der Waals surface area contributed by atoms with Crippen molar-refractivity contribution in [1.29, 1.82) is 0 Å². The van der Waals surface area contributed by atoms with Gasteiger partial charge in [0.15, 0.2) is 0 Å². The number of H-pyrrole nitrogens is 1. The van der Waals surface area contributed by atoms with Crippen LogP contribution < -0.4 is 10.2 Å². The van der Waals surface area contributed by atoms with Crippen molar-refractivity contribution in [2.75, 3.05) is 0 Å². The third kappa shape index (κ3) is 5.91. The SMILES string of the molecule is CC(C)c1ccc(/C=N/NC(=O)c2cc(-c3ccc(OCc4ccccc4Cl)cc3)n[nH]2)cc1. The first-order valence-corrected chi connectivity index (χ1v) is 11.3. The fourth-order valence-corrected chi connectivity index (χ4v) is 3.47. The van der Waals surface area contributed by atoms with Crippen LogP contribution in [0, 0.1) is 0 Å². The fourth-order valence-electron chi connectivity index (χ4n) is 3.28. The number of hydrogen-bond donors (Lipinski definition) is 2. The lowest BCUT2D eigenvalue weighted by atomic mass is 10.0. The molecule has 1 amide bonds. The number of rotatable bonds is 8. The predicted molar refractivity (Wildman–Crippen MR) is 135 cm³/mol. The predicted octanol–water partition coefficient (Wildman–Crippen LogP) is 6.20. The Morgan fingerprint density at radius 3 is 2.53 bits per heavy atom. The Kier molecular flexibility index (Phi) is 7.40. The monoisotopic (exact) mass is 472 g/mol. The zero-order valence-electron chi connectivity index (χ0n) is 19.0. The molecule has 0 radical (unpaired) electrons. The van der Waals surface area contributed by atoms with Gasteiger partial charge in [-0.05, 0) is 53.4 Å². The van der Waals surface area contributed by atoms with Crippen molar-refractivity contribution >= 4 is 23.7 Å². The van der Waals surface area contributed by atoms with Gasteiger partial charge in [0.05, 0.1) is 11.9 Å². The molecule has 1 aromatic heterocycles. The molecule has 0 aliphatic heterocycles. The van der Waals surface area contributed by atoms with Crippen LogP contribution in [0.3, 0.4) is 0 Å². The summed E-state index contributed by atoms with van der Waals surface area (Å²) in [6.07, 6.45) is 1.61. The molecule has 3 aromatic carbocycles. The average molecular weight is 473 g/mol. The van der Waals surface area contributed by atoms with E-state index in [2.05, 4.69) is 46.7 Å². The highest BCUT2D eigenvalue weighted by atomic mass is 35.5. The molecule has 34 heavy (non-hydrogen) atoms. The molecular weight excluding hydrogens is 448 g/mol. The van der Waals surface area contributed by atoms with Crippen molar-refractivity contribution in [2.45, 2.75) is 26.4 Å². The lowest BCUT2D eigenvalue weighted by Gasteiger charge is -2.08. The van der Waals surface area contributed by atoms with Crippen molar-refractivity contribution in [3.63, 3.8) is 0 Å². The number of carbonyl (C=O) groups excluding carboxylic acids is 1. The summed E-state index contributed by atoms with van der Waals surface area (Å²) < 4.78 is 5.81. The summed E-state index contributed by atoms with van der Waals surface area (Å²) in [6, 6.07) is 24.8. The minimum atomic E-state index is -0.367. The van der Waals surface area contributed by atoms with E-state index in [9.17, 15) is 4.79 Å². The summed E-state index contributed by atoms with van der Waals surface area (Å²) in [5, 5.41) is 11.7. The molecule has 0 atom stereocenters. The normalized spacial score (nSPS) is 11.2. The first-order valence-electron chi connectivity index (χ1n) is 10.9. The number of aromatic nitrogens is 2. The van der Waals surface area contributed by atoms with Crippen LogP contribution in [0.4, 0.5) is 0 Å². The Bertz CT molecular complexity index is 1280. The number of carbonyl (C=O) groups is 1. The van der Waals surface area contributed by atoms with E-state index in [1.165, 1.54) is 5.56 Å². The second kappa shape index (κ2) is 10.8. The van der Waals surface area contributed by atoms with Crippen LogP contribution in [0.25, 0.3) is 11.3 Å². The smallest absolute Gasteiger partial charge is 0.289 e. The third-order valence-corrected chi connectivity index (χ3v) is 5.68. The van der Waals surface area contributed by atoms with Crippen molar-refractivity contribution in [2.24, 2.45) is 5.10 Å². The lowest BCUT2D eigenvalue weighted by molar-refractivity contribution is 0.0950. The molecular formula is C27H25ClN4O2. The van der Waals surface area contributed by atoms with Gasteiger partial charge < -0.3 is 4.74 Å². The maximum absolute atomic E-state index is 12.4. The van der Waals surface area contributed by atoms with Crippen molar-refractivity contribution < 1.29 is 9.53 Å².